The monoisotopic (exact) mass is 635 g/mol. The molecule has 6 unspecified atom stereocenters. The average molecular weight is 635 g/mol. The summed E-state index contributed by atoms with van der Waals surface area (Å²) in [5.74, 6) is -11.4. The normalized spacial score (nSPS) is 29.7. The topological polar surface area (TPSA) is 136 Å². The number of hydrogen-bond donors (Lipinski definition) is 0. The number of carbonyl (C=O) groups is 3. The summed E-state index contributed by atoms with van der Waals surface area (Å²) in [5.41, 5.74) is 0.213. The second-order valence-electron chi connectivity index (χ2n) is 8.49. The van der Waals surface area contributed by atoms with Crippen LogP contribution in [0.25, 0.3) is 0 Å². The third kappa shape index (κ3) is 4.39. The lowest BCUT2D eigenvalue weighted by Gasteiger charge is -2.31. The van der Waals surface area contributed by atoms with E-state index in [1.165, 1.54) is 12.1 Å². The Morgan fingerprint density at radius 3 is 2.37 bits per heavy atom. The summed E-state index contributed by atoms with van der Waals surface area (Å²) in [6.07, 6.45) is -3.51. The smallest absolute Gasteiger partial charge is 0.396 e. The minimum absolute atomic E-state index is 0.213. The van der Waals surface area contributed by atoms with E-state index in [-0.39, 0.29) is 12.0 Å². The van der Waals surface area contributed by atoms with E-state index in [0.29, 0.717) is 0 Å². The lowest BCUT2D eigenvalue weighted by molar-refractivity contribution is -0.178. The number of ether oxygens (including phenoxy) is 3. The first kappa shape index (κ1) is 26.1. The van der Waals surface area contributed by atoms with Crippen LogP contribution in [0.1, 0.15) is 23.2 Å². The van der Waals surface area contributed by atoms with Gasteiger partial charge in [0.25, 0.3) is 0 Å². The number of esters is 3. The molecule has 0 N–H and O–H groups in total. The third-order valence-corrected chi connectivity index (χ3v) is 8.19. The molecule has 0 amide bonds. The summed E-state index contributed by atoms with van der Waals surface area (Å²) in [6, 6.07) is 6.37. The number of alkyl halides is 4. The molecular weight excluding hydrogens is 619 g/mol. The Bertz CT molecular complexity index is 1160. The molecule has 0 aromatic heterocycles. The first-order chi connectivity index (χ1) is 16.2. The van der Waals surface area contributed by atoms with Gasteiger partial charge >= 0.3 is 29.1 Å². The molecule has 35 heavy (non-hydrogen) atoms. The quantitative estimate of drug-likeness (QED) is 0.139. The molecule has 1 aromatic rings. The van der Waals surface area contributed by atoms with E-state index in [1.807, 2.05) is 22.6 Å². The van der Waals surface area contributed by atoms with Gasteiger partial charge in [-0.1, -0.05) is 0 Å². The molecule has 3 fully saturated rings. The van der Waals surface area contributed by atoms with Crippen LogP contribution in [0, 0.1) is 27.2 Å². The highest BCUT2D eigenvalue weighted by atomic mass is 127. The van der Waals surface area contributed by atoms with Crippen molar-refractivity contribution in [3.05, 3.63) is 33.4 Å². The van der Waals surface area contributed by atoms with Gasteiger partial charge in [-0.25, -0.2) is 13.2 Å². The summed E-state index contributed by atoms with van der Waals surface area (Å²) in [5, 5.41) is -5.91. The summed E-state index contributed by atoms with van der Waals surface area (Å²) in [7, 11) is -6.68. The molecular formula is C20H16F4IO9S-. The van der Waals surface area contributed by atoms with Crippen LogP contribution >= 0.6 is 22.6 Å². The fourth-order valence-electron chi connectivity index (χ4n) is 4.95. The molecule has 1 heterocycles. The zero-order valence-corrected chi connectivity index (χ0v) is 20.3. The summed E-state index contributed by atoms with van der Waals surface area (Å²) in [6.45, 7) is -1.34. The molecule has 2 saturated carbocycles. The minimum atomic E-state index is -6.68. The van der Waals surface area contributed by atoms with E-state index in [9.17, 15) is 44.9 Å². The van der Waals surface area contributed by atoms with Gasteiger partial charge in [0.15, 0.2) is 10.1 Å². The molecule has 3 aliphatic rings. The molecule has 2 aliphatic carbocycles. The highest BCUT2D eigenvalue weighted by molar-refractivity contribution is 14.1. The highest BCUT2D eigenvalue weighted by Gasteiger charge is 2.70. The van der Waals surface area contributed by atoms with Gasteiger partial charge in [-0.2, -0.15) is 17.6 Å². The van der Waals surface area contributed by atoms with Gasteiger partial charge in [0, 0.05) is 15.4 Å². The molecule has 6 atom stereocenters. The summed E-state index contributed by atoms with van der Waals surface area (Å²) in [4.78, 5) is 37.6. The van der Waals surface area contributed by atoms with Crippen LogP contribution in [-0.2, 0) is 33.9 Å². The van der Waals surface area contributed by atoms with Crippen LogP contribution in [0.5, 0.6) is 0 Å². The molecule has 9 nitrogen and oxygen atoms in total. The number of halogens is 5. The van der Waals surface area contributed by atoms with Crippen molar-refractivity contribution < 1.29 is 59.1 Å². The Kier molecular flexibility index (Phi) is 6.57. The number of rotatable bonds is 8. The Balaban J connectivity index is 1.44. The van der Waals surface area contributed by atoms with Crippen LogP contribution in [0.3, 0.4) is 0 Å². The second kappa shape index (κ2) is 8.83. The average Bonchev–Trinajstić information content (AvgIpc) is 3.37. The Morgan fingerprint density at radius 1 is 1.14 bits per heavy atom. The summed E-state index contributed by atoms with van der Waals surface area (Å²) >= 11 is 2.04. The number of benzene rings is 1. The first-order valence-electron chi connectivity index (χ1n) is 10.2. The van der Waals surface area contributed by atoms with Crippen LogP contribution in [0.15, 0.2) is 24.3 Å². The van der Waals surface area contributed by atoms with Crippen LogP contribution in [0.2, 0.25) is 0 Å². The fourth-order valence-corrected chi connectivity index (χ4v) is 5.78. The minimum Gasteiger partial charge on any atom is -0.743 e. The standard InChI is InChI=1S/C20H17F4IO9S/c21-19(22,20(23,24)35(29,30)31)5-6-32-17(27)12-10-7-11-13(12)18(28)34-15(11)14(10)33-16(26)8-1-3-9(25)4-2-8/h1-4,10-15H,5-7H2,(H,29,30,31)/p-1. The van der Waals surface area contributed by atoms with Gasteiger partial charge in [0.1, 0.15) is 12.2 Å². The van der Waals surface area contributed by atoms with Crippen molar-refractivity contribution >= 4 is 50.6 Å². The van der Waals surface area contributed by atoms with E-state index in [1.54, 1.807) is 12.1 Å². The van der Waals surface area contributed by atoms with E-state index in [4.69, 9.17) is 9.47 Å². The summed E-state index contributed by atoms with van der Waals surface area (Å²) < 4.78 is 102. The number of carbonyl (C=O) groups excluding carboxylic acids is 3. The first-order valence-corrected chi connectivity index (χ1v) is 12.7. The van der Waals surface area contributed by atoms with Gasteiger partial charge in [0.05, 0.1) is 30.4 Å². The maximum Gasteiger partial charge on any atom is 0.396 e. The zero-order chi connectivity index (χ0) is 25.9. The molecule has 1 aliphatic heterocycles. The van der Waals surface area contributed by atoms with Gasteiger partial charge in [-0.3, -0.25) is 9.59 Å². The molecule has 4 rings (SSSR count). The maximum atomic E-state index is 13.6. The molecule has 0 radical (unpaired) electrons. The van der Waals surface area contributed by atoms with Crippen molar-refractivity contribution in [2.24, 2.45) is 23.7 Å². The Hall–Kier alpha value is -2.01. The van der Waals surface area contributed by atoms with E-state index in [2.05, 4.69) is 4.74 Å². The fraction of sp³-hybridized carbons (Fsp3) is 0.550. The highest BCUT2D eigenvalue weighted by Crippen LogP contribution is 2.59. The van der Waals surface area contributed by atoms with Gasteiger partial charge in [0.2, 0.25) is 0 Å². The largest absolute Gasteiger partial charge is 0.743 e. The maximum absolute atomic E-state index is 13.6. The zero-order valence-electron chi connectivity index (χ0n) is 17.4. The molecule has 2 bridgehead atoms. The number of fused-ring (bicyclic) bond motifs is 1. The Morgan fingerprint density at radius 2 is 1.77 bits per heavy atom. The van der Waals surface area contributed by atoms with E-state index >= 15 is 0 Å². The Labute approximate surface area is 209 Å². The molecule has 15 heteroatoms. The molecule has 192 valence electrons. The van der Waals surface area contributed by atoms with Gasteiger partial charge < -0.3 is 18.8 Å². The van der Waals surface area contributed by atoms with Crippen molar-refractivity contribution in [1.82, 2.24) is 0 Å². The van der Waals surface area contributed by atoms with E-state index < -0.39 is 88.1 Å². The van der Waals surface area contributed by atoms with Crippen molar-refractivity contribution in [1.29, 1.82) is 0 Å². The third-order valence-electron chi connectivity index (χ3n) is 6.54. The van der Waals surface area contributed by atoms with E-state index in [0.717, 1.165) is 3.57 Å². The van der Waals surface area contributed by atoms with Crippen LogP contribution in [0.4, 0.5) is 17.6 Å². The van der Waals surface area contributed by atoms with Crippen LogP contribution < -0.4 is 0 Å². The predicted octanol–water partition coefficient (Wildman–Crippen LogP) is 2.33. The van der Waals surface area contributed by atoms with Crippen molar-refractivity contribution in [3.8, 4) is 0 Å². The second-order valence-corrected chi connectivity index (χ2v) is 11.2. The molecule has 0 spiro atoms. The lowest BCUT2D eigenvalue weighted by atomic mass is 9.78. The number of hydrogen-bond acceptors (Lipinski definition) is 9. The SMILES string of the molecule is O=C(OC1C2CC3C1OC(=O)C3C2C(=O)OCCC(F)(F)C(F)(F)S(=O)(=O)[O-])c1ccc(I)cc1. The van der Waals surface area contributed by atoms with Crippen LogP contribution in [-0.4, -0.2) is 60.9 Å². The molecule has 1 aromatic carbocycles. The van der Waals surface area contributed by atoms with Gasteiger partial charge in [-0.05, 0) is 53.3 Å². The molecule has 1 saturated heterocycles. The van der Waals surface area contributed by atoms with Crippen molar-refractivity contribution in [3.63, 3.8) is 0 Å². The van der Waals surface area contributed by atoms with Gasteiger partial charge in [-0.15, -0.1) is 0 Å². The lowest BCUT2D eigenvalue weighted by Crippen LogP contribution is -2.48. The predicted molar refractivity (Wildman–Crippen MR) is 112 cm³/mol. The van der Waals surface area contributed by atoms with Crippen molar-refractivity contribution in [2.75, 3.05) is 6.61 Å². The van der Waals surface area contributed by atoms with Crippen molar-refractivity contribution in [2.45, 2.75) is 36.2 Å².